The second-order valence-electron chi connectivity index (χ2n) is 4.00. The molecule has 2 unspecified atom stereocenters. The number of para-hydroxylation sites is 1. The van der Waals surface area contributed by atoms with E-state index in [1.54, 1.807) is 12.1 Å². The van der Waals surface area contributed by atoms with E-state index >= 15 is 0 Å². The topological polar surface area (TPSA) is 26.3 Å². The summed E-state index contributed by atoms with van der Waals surface area (Å²) in [6, 6.07) is 16.5. The SMILES string of the molecule is [2H]C1Oc2ccccc2C(=O)C1c1ccccc1. The van der Waals surface area contributed by atoms with Gasteiger partial charge in [-0.15, -0.1) is 0 Å². The van der Waals surface area contributed by atoms with Gasteiger partial charge in [-0.3, -0.25) is 4.79 Å². The van der Waals surface area contributed by atoms with Crippen LogP contribution in [-0.2, 0) is 0 Å². The van der Waals surface area contributed by atoms with Crippen molar-refractivity contribution in [2.24, 2.45) is 0 Å². The molecule has 0 bridgehead atoms. The molecule has 17 heavy (non-hydrogen) atoms. The number of hydrogen-bond acceptors (Lipinski definition) is 2. The van der Waals surface area contributed by atoms with Crippen LogP contribution in [0.5, 0.6) is 5.75 Å². The third kappa shape index (κ3) is 1.72. The molecular formula is C15H12O2. The van der Waals surface area contributed by atoms with Gasteiger partial charge < -0.3 is 4.74 Å². The highest BCUT2D eigenvalue weighted by atomic mass is 16.5. The van der Waals surface area contributed by atoms with E-state index in [4.69, 9.17) is 6.11 Å². The third-order valence-electron chi connectivity index (χ3n) is 2.92. The van der Waals surface area contributed by atoms with Crippen molar-refractivity contribution in [1.29, 1.82) is 0 Å². The highest BCUT2D eigenvalue weighted by molar-refractivity contribution is 6.04. The van der Waals surface area contributed by atoms with Crippen molar-refractivity contribution in [2.75, 3.05) is 6.58 Å². The first-order valence-electron chi connectivity index (χ1n) is 6.12. The average Bonchev–Trinajstić information content (AvgIpc) is 2.40. The monoisotopic (exact) mass is 225 g/mol. The first-order valence-corrected chi connectivity index (χ1v) is 5.54. The van der Waals surface area contributed by atoms with E-state index in [-0.39, 0.29) is 5.78 Å². The molecule has 0 aliphatic carbocycles. The van der Waals surface area contributed by atoms with Crippen molar-refractivity contribution in [3.63, 3.8) is 0 Å². The summed E-state index contributed by atoms with van der Waals surface area (Å²) < 4.78 is 13.5. The van der Waals surface area contributed by atoms with Crippen LogP contribution in [0.1, 0.15) is 23.2 Å². The fourth-order valence-corrected chi connectivity index (χ4v) is 2.03. The molecule has 84 valence electrons. The number of rotatable bonds is 1. The number of benzene rings is 2. The van der Waals surface area contributed by atoms with Crippen LogP contribution in [0.3, 0.4) is 0 Å². The molecule has 0 N–H and O–H groups in total. The van der Waals surface area contributed by atoms with Crippen LogP contribution in [0.4, 0.5) is 0 Å². The molecule has 0 saturated carbocycles. The van der Waals surface area contributed by atoms with Crippen molar-refractivity contribution in [2.45, 2.75) is 5.92 Å². The van der Waals surface area contributed by atoms with Gasteiger partial charge in [-0.05, 0) is 17.7 Å². The Hall–Kier alpha value is -2.09. The van der Waals surface area contributed by atoms with Crippen LogP contribution < -0.4 is 4.74 Å². The summed E-state index contributed by atoms with van der Waals surface area (Å²) in [4.78, 5) is 12.4. The summed E-state index contributed by atoms with van der Waals surface area (Å²) in [7, 11) is 0. The van der Waals surface area contributed by atoms with E-state index in [2.05, 4.69) is 0 Å². The van der Waals surface area contributed by atoms with Gasteiger partial charge in [0.05, 0.1) is 12.9 Å². The minimum absolute atomic E-state index is 0.0388. The Labute approximate surface area is 101 Å². The normalized spacial score (nSPS) is 23.5. The van der Waals surface area contributed by atoms with E-state index in [0.29, 0.717) is 11.3 Å². The molecule has 1 heterocycles. The molecule has 0 fully saturated rings. The predicted molar refractivity (Wildman–Crippen MR) is 65.5 cm³/mol. The number of Topliss-reactive ketones (excluding diaryl/α,β-unsaturated/α-hetero) is 1. The minimum Gasteiger partial charge on any atom is -0.492 e. The van der Waals surface area contributed by atoms with Gasteiger partial charge >= 0.3 is 0 Å². The van der Waals surface area contributed by atoms with Crippen molar-refractivity contribution in [3.8, 4) is 5.75 Å². The Morgan fingerprint density at radius 3 is 2.59 bits per heavy atom. The smallest absolute Gasteiger partial charge is 0.177 e. The van der Waals surface area contributed by atoms with Gasteiger partial charge in [0.2, 0.25) is 0 Å². The van der Waals surface area contributed by atoms with E-state index in [9.17, 15) is 4.79 Å². The summed E-state index contributed by atoms with van der Waals surface area (Å²) in [6.45, 7) is -0.880. The minimum atomic E-state index is -0.880. The number of ether oxygens (including phenoxy) is 1. The number of ketones is 1. The van der Waals surface area contributed by atoms with E-state index in [0.717, 1.165) is 5.56 Å². The van der Waals surface area contributed by atoms with Gasteiger partial charge in [0.1, 0.15) is 12.3 Å². The van der Waals surface area contributed by atoms with Gasteiger partial charge in [0.25, 0.3) is 0 Å². The standard InChI is InChI=1S/C15H12O2/c16-15-12-8-4-5-9-14(12)17-10-13(15)11-6-2-1-3-7-11/h1-9,13H,10H2/i10D. The molecule has 0 radical (unpaired) electrons. The highest BCUT2D eigenvalue weighted by Gasteiger charge is 2.29. The summed E-state index contributed by atoms with van der Waals surface area (Å²) in [6.07, 6.45) is 0. The van der Waals surface area contributed by atoms with E-state index < -0.39 is 12.5 Å². The van der Waals surface area contributed by atoms with Crippen molar-refractivity contribution in [3.05, 3.63) is 65.7 Å². The molecule has 0 spiro atoms. The van der Waals surface area contributed by atoms with Crippen LogP contribution in [0.15, 0.2) is 54.6 Å². The first kappa shape index (κ1) is 8.99. The molecule has 2 aromatic carbocycles. The van der Waals surface area contributed by atoms with Gasteiger partial charge in [-0.25, -0.2) is 0 Å². The molecule has 3 rings (SSSR count). The predicted octanol–water partition coefficient (Wildman–Crippen LogP) is 3.05. The van der Waals surface area contributed by atoms with Crippen molar-refractivity contribution >= 4 is 5.78 Å². The third-order valence-corrected chi connectivity index (χ3v) is 2.92. The van der Waals surface area contributed by atoms with Crippen molar-refractivity contribution < 1.29 is 10.9 Å². The Kier molecular flexibility index (Phi) is 2.15. The number of fused-ring (bicyclic) bond motifs is 1. The fraction of sp³-hybridized carbons (Fsp3) is 0.133. The molecule has 2 nitrogen and oxygen atoms in total. The number of carbonyl (C=O) groups is 1. The zero-order chi connectivity index (χ0) is 12.5. The lowest BCUT2D eigenvalue weighted by Gasteiger charge is -2.24. The van der Waals surface area contributed by atoms with Gasteiger partial charge in [0, 0.05) is 0 Å². The number of hydrogen-bond donors (Lipinski definition) is 0. The molecule has 0 aromatic heterocycles. The Balaban J connectivity index is 2.06. The van der Waals surface area contributed by atoms with Crippen LogP contribution in [0.25, 0.3) is 0 Å². The largest absolute Gasteiger partial charge is 0.492 e. The van der Waals surface area contributed by atoms with Gasteiger partial charge in [0.15, 0.2) is 5.78 Å². The lowest BCUT2D eigenvalue weighted by Crippen LogP contribution is -2.25. The van der Waals surface area contributed by atoms with Crippen LogP contribution in [0, 0.1) is 0 Å². The van der Waals surface area contributed by atoms with Crippen LogP contribution >= 0.6 is 0 Å². The van der Waals surface area contributed by atoms with E-state index in [1.807, 2.05) is 42.5 Å². The lowest BCUT2D eigenvalue weighted by molar-refractivity contribution is 0.0896. The summed E-state index contributed by atoms with van der Waals surface area (Å²) in [5, 5.41) is 0. The molecule has 2 heteroatoms. The Morgan fingerprint density at radius 1 is 1.06 bits per heavy atom. The molecule has 2 aromatic rings. The summed E-state index contributed by atoms with van der Waals surface area (Å²) in [5.41, 5.74) is 1.40. The Bertz CT molecular complexity index is 580. The quantitative estimate of drug-likeness (QED) is 0.745. The van der Waals surface area contributed by atoms with Crippen LogP contribution in [-0.4, -0.2) is 12.4 Å². The zero-order valence-corrected chi connectivity index (χ0v) is 9.17. The second kappa shape index (κ2) is 4.06. The second-order valence-corrected chi connectivity index (χ2v) is 4.00. The maximum atomic E-state index is 12.4. The average molecular weight is 225 g/mol. The first-order chi connectivity index (χ1) is 8.77. The maximum Gasteiger partial charge on any atom is 0.177 e. The van der Waals surface area contributed by atoms with Gasteiger partial charge in [-0.1, -0.05) is 42.5 Å². The number of carbonyl (C=O) groups excluding carboxylic acids is 1. The molecule has 0 saturated heterocycles. The van der Waals surface area contributed by atoms with E-state index in [1.165, 1.54) is 0 Å². The molecule has 1 aliphatic rings. The molecule has 0 amide bonds. The molecule has 2 atom stereocenters. The lowest BCUT2D eigenvalue weighted by atomic mass is 9.89. The summed E-state index contributed by atoms with van der Waals surface area (Å²) in [5.74, 6) is -0.0705. The zero-order valence-electron chi connectivity index (χ0n) is 10.2. The summed E-state index contributed by atoms with van der Waals surface area (Å²) >= 11 is 0. The van der Waals surface area contributed by atoms with Gasteiger partial charge in [-0.2, -0.15) is 0 Å². The fourth-order valence-electron chi connectivity index (χ4n) is 2.03. The maximum absolute atomic E-state index is 12.4. The Morgan fingerprint density at radius 2 is 1.76 bits per heavy atom. The highest BCUT2D eigenvalue weighted by Crippen LogP contribution is 2.31. The van der Waals surface area contributed by atoms with Crippen molar-refractivity contribution in [1.82, 2.24) is 0 Å². The molecular weight excluding hydrogens is 212 g/mol. The molecule has 1 aliphatic heterocycles. The van der Waals surface area contributed by atoms with Crippen LogP contribution in [0.2, 0.25) is 0 Å².